The van der Waals surface area contributed by atoms with Crippen molar-refractivity contribution in [2.45, 2.75) is 31.4 Å². The van der Waals surface area contributed by atoms with Crippen molar-refractivity contribution >= 4 is 23.2 Å². The summed E-state index contributed by atoms with van der Waals surface area (Å²) in [6.45, 7) is 1.67. The first kappa shape index (κ1) is 18.8. The van der Waals surface area contributed by atoms with E-state index in [1.807, 2.05) is 18.3 Å². The van der Waals surface area contributed by atoms with Gasteiger partial charge in [0.05, 0.1) is 18.3 Å². The summed E-state index contributed by atoms with van der Waals surface area (Å²) in [5, 5.41) is 16.8. The molecule has 9 heteroatoms. The number of anilines is 2. The highest BCUT2D eigenvalue weighted by molar-refractivity contribution is 5.93. The van der Waals surface area contributed by atoms with Crippen LogP contribution in [-0.2, 0) is 0 Å². The average molecular weight is 410 g/mol. The zero-order chi connectivity index (χ0) is 20.7. The predicted molar refractivity (Wildman–Crippen MR) is 110 cm³/mol. The third-order valence-electron chi connectivity index (χ3n) is 5.83. The normalized spacial score (nSPS) is 21.5. The molecule has 156 valence electrons. The molecule has 2 aliphatic rings. The van der Waals surface area contributed by atoms with Gasteiger partial charge in [0, 0.05) is 25.8 Å². The Bertz CT molecular complexity index is 1090. The number of aromatic nitrogens is 3. The second-order valence-corrected chi connectivity index (χ2v) is 7.84. The second kappa shape index (κ2) is 7.56. The molecule has 2 N–H and O–H groups in total. The van der Waals surface area contributed by atoms with Crippen LogP contribution in [0.4, 0.5) is 20.7 Å². The number of carbonyl (C=O) groups excluding carboxylic acids is 1. The van der Waals surface area contributed by atoms with Gasteiger partial charge in [-0.05, 0) is 43.0 Å². The molecular weight excluding hydrogens is 387 g/mol. The highest BCUT2D eigenvalue weighted by Gasteiger charge is 2.28. The molecule has 4 heterocycles. The van der Waals surface area contributed by atoms with E-state index >= 15 is 0 Å². The van der Waals surface area contributed by atoms with Gasteiger partial charge in [-0.25, -0.2) is 18.7 Å². The molecule has 2 amide bonds. The van der Waals surface area contributed by atoms with Crippen LogP contribution in [0.3, 0.4) is 0 Å². The Hall–Kier alpha value is -3.20. The lowest BCUT2D eigenvalue weighted by atomic mass is 10.0. The molecule has 2 fully saturated rings. The molecule has 2 saturated heterocycles. The molecule has 2 atom stereocenters. The van der Waals surface area contributed by atoms with Gasteiger partial charge in [-0.2, -0.15) is 5.10 Å². The van der Waals surface area contributed by atoms with Crippen molar-refractivity contribution in [2.24, 2.45) is 0 Å². The Morgan fingerprint density at radius 2 is 2.13 bits per heavy atom. The topological polar surface area (TPSA) is 86.0 Å². The van der Waals surface area contributed by atoms with E-state index in [1.165, 1.54) is 6.07 Å². The van der Waals surface area contributed by atoms with Gasteiger partial charge in [-0.1, -0.05) is 12.1 Å². The van der Waals surface area contributed by atoms with Gasteiger partial charge in [0.1, 0.15) is 17.3 Å². The molecule has 8 nitrogen and oxygen atoms in total. The zero-order valence-corrected chi connectivity index (χ0v) is 16.4. The fourth-order valence-corrected chi connectivity index (χ4v) is 4.33. The van der Waals surface area contributed by atoms with Crippen molar-refractivity contribution in [1.82, 2.24) is 19.5 Å². The summed E-state index contributed by atoms with van der Waals surface area (Å²) >= 11 is 0. The van der Waals surface area contributed by atoms with Crippen molar-refractivity contribution in [1.29, 1.82) is 0 Å². The minimum absolute atomic E-state index is 0.0581. The van der Waals surface area contributed by atoms with Crippen LogP contribution in [0.25, 0.3) is 5.65 Å². The molecule has 2 aromatic heterocycles. The first-order valence-corrected chi connectivity index (χ1v) is 10.2. The number of urea groups is 1. The minimum atomic E-state index is -0.473. The van der Waals surface area contributed by atoms with Crippen molar-refractivity contribution in [2.75, 3.05) is 29.9 Å². The molecule has 2 aliphatic heterocycles. The van der Waals surface area contributed by atoms with Crippen LogP contribution in [-0.4, -0.2) is 56.4 Å². The van der Waals surface area contributed by atoms with E-state index < -0.39 is 6.10 Å². The predicted octanol–water partition coefficient (Wildman–Crippen LogP) is 2.81. The maximum absolute atomic E-state index is 13.7. The monoisotopic (exact) mass is 410 g/mol. The summed E-state index contributed by atoms with van der Waals surface area (Å²) in [6, 6.07) is 8.39. The van der Waals surface area contributed by atoms with E-state index in [9.17, 15) is 14.3 Å². The number of amides is 2. The highest BCUT2D eigenvalue weighted by Crippen LogP contribution is 2.35. The van der Waals surface area contributed by atoms with Gasteiger partial charge >= 0.3 is 6.03 Å². The first-order valence-electron chi connectivity index (χ1n) is 10.2. The number of benzene rings is 1. The number of aliphatic hydroxyl groups excluding tert-OH is 1. The van der Waals surface area contributed by atoms with Gasteiger partial charge in [0.2, 0.25) is 0 Å². The molecule has 1 aromatic carbocycles. The Balaban J connectivity index is 1.42. The largest absolute Gasteiger partial charge is 0.391 e. The van der Waals surface area contributed by atoms with Crippen LogP contribution in [0, 0.1) is 5.82 Å². The highest BCUT2D eigenvalue weighted by atomic mass is 19.1. The van der Waals surface area contributed by atoms with E-state index in [4.69, 9.17) is 4.98 Å². The number of fused-ring (bicyclic) bond motifs is 1. The SMILES string of the molecule is O=C(Nc1cnn2ccc(N3CCC[C@@H]3c3cccc(F)c3)nc12)N1CC[C@H](O)C1. The van der Waals surface area contributed by atoms with E-state index in [2.05, 4.69) is 15.3 Å². The quantitative estimate of drug-likeness (QED) is 0.694. The number of nitrogens with zero attached hydrogens (tertiary/aromatic N) is 5. The molecule has 30 heavy (non-hydrogen) atoms. The summed E-state index contributed by atoms with van der Waals surface area (Å²) in [6.07, 6.45) is 5.42. The Morgan fingerprint density at radius 1 is 1.23 bits per heavy atom. The van der Waals surface area contributed by atoms with Crippen LogP contribution in [0.2, 0.25) is 0 Å². The number of halogens is 1. The molecule has 0 unspecified atom stereocenters. The molecule has 0 radical (unpaired) electrons. The minimum Gasteiger partial charge on any atom is -0.391 e. The smallest absolute Gasteiger partial charge is 0.322 e. The second-order valence-electron chi connectivity index (χ2n) is 7.84. The number of hydrogen-bond donors (Lipinski definition) is 2. The van der Waals surface area contributed by atoms with Crippen LogP contribution in [0.5, 0.6) is 0 Å². The lowest BCUT2D eigenvalue weighted by molar-refractivity contribution is 0.176. The molecule has 3 aromatic rings. The lowest BCUT2D eigenvalue weighted by Crippen LogP contribution is -2.33. The maximum atomic E-state index is 13.7. The van der Waals surface area contributed by atoms with Crippen LogP contribution >= 0.6 is 0 Å². The molecular formula is C21H23FN6O2. The standard InChI is InChI=1S/C21H23FN6O2/c22-15-4-1-3-14(11-15)18-5-2-8-27(18)19-7-10-28-20(25-19)17(12-23-28)24-21(30)26-9-6-16(29)13-26/h1,3-4,7,10-12,16,18,29H,2,5-6,8-9,13H2,(H,24,30)/t16-,18+/m0/s1. The fourth-order valence-electron chi connectivity index (χ4n) is 4.33. The molecule has 0 spiro atoms. The Kier molecular flexibility index (Phi) is 4.74. The van der Waals surface area contributed by atoms with E-state index in [0.717, 1.165) is 30.8 Å². The molecule has 0 saturated carbocycles. The van der Waals surface area contributed by atoms with Crippen molar-refractivity contribution in [3.8, 4) is 0 Å². The first-order chi connectivity index (χ1) is 14.6. The van der Waals surface area contributed by atoms with E-state index in [-0.39, 0.29) is 17.9 Å². The summed E-state index contributed by atoms with van der Waals surface area (Å²) in [5.41, 5.74) is 2.00. The van der Waals surface area contributed by atoms with E-state index in [1.54, 1.807) is 27.7 Å². The Morgan fingerprint density at radius 3 is 2.93 bits per heavy atom. The summed E-state index contributed by atoms with van der Waals surface area (Å²) < 4.78 is 15.4. The van der Waals surface area contributed by atoms with Crippen molar-refractivity contribution < 1.29 is 14.3 Å². The van der Waals surface area contributed by atoms with Crippen LogP contribution < -0.4 is 10.2 Å². The van der Waals surface area contributed by atoms with Crippen molar-refractivity contribution in [3.05, 3.63) is 54.1 Å². The summed E-state index contributed by atoms with van der Waals surface area (Å²) in [5.74, 6) is 0.525. The fraction of sp³-hybridized carbons (Fsp3) is 0.381. The van der Waals surface area contributed by atoms with Gasteiger partial charge in [0.15, 0.2) is 5.65 Å². The van der Waals surface area contributed by atoms with E-state index in [0.29, 0.717) is 30.8 Å². The van der Waals surface area contributed by atoms with Crippen molar-refractivity contribution in [3.63, 3.8) is 0 Å². The van der Waals surface area contributed by atoms with Crippen LogP contribution in [0.1, 0.15) is 30.9 Å². The Labute approximate surface area is 172 Å². The van der Waals surface area contributed by atoms with Gasteiger partial charge in [0.25, 0.3) is 0 Å². The number of likely N-dealkylation sites (tertiary alicyclic amines) is 1. The number of aliphatic hydroxyl groups is 1. The van der Waals surface area contributed by atoms with Gasteiger partial charge < -0.3 is 20.2 Å². The summed E-state index contributed by atoms with van der Waals surface area (Å²) in [4.78, 5) is 21.0. The third-order valence-corrected chi connectivity index (χ3v) is 5.83. The summed E-state index contributed by atoms with van der Waals surface area (Å²) in [7, 11) is 0. The number of β-amino-alcohol motifs (C(OH)–C–C–N with tert-alkyl or cyclic N) is 1. The number of carbonyl (C=O) groups is 1. The zero-order valence-electron chi connectivity index (χ0n) is 16.4. The average Bonchev–Trinajstić information content (AvgIpc) is 3.47. The molecule has 0 bridgehead atoms. The number of nitrogens with one attached hydrogen (secondary N) is 1. The van der Waals surface area contributed by atoms with Crippen LogP contribution in [0.15, 0.2) is 42.7 Å². The maximum Gasteiger partial charge on any atom is 0.322 e. The molecule has 0 aliphatic carbocycles. The lowest BCUT2D eigenvalue weighted by Gasteiger charge is -2.26. The third kappa shape index (κ3) is 3.45. The van der Waals surface area contributed by atoms with Gasteiger partial charge in [-0.15, -0.1) is 0 Å². The number of rotatable bonds is 3. The number of hydrogen-bond acceptors (Lipinski definition) is 5. The van der Waals surface area contributed by atoms with Gasteiger partial charge in [-0.3, -0.25) is 0 Å². The molecule has 5 rings (SSSR count).